The van der Waals surface area contributed by atoms with E-state index in [1.807, 2.05) is 0 Å². The van der Waals surface area contributed by atoms with Crippen LogP contribution in [0.3, 0.4) is 0 Å². The predicted octanol–water partition coefficient (Wildman–Crippen LogP) is -2.37. The minimum absolute atomic E-state index is 0. The second kappa shape index (κ2) is 10.1. The van der Waals surface area contributed by atoms with Crippen molar-refractivity contribution in [3.63, 3.8) is 0 Å². The van der Waals surface area contributed by atoms with Crippen LogP contribution in [0.25, 0.3) is 0 Å². The van der Waals surface area contributed by atoms with Crippen molar-refractivity contribution in [3.05, 3.63) is 24.3 Å². The zero-order valence-electron chi connectivity index (χ0n) is 7.65. The first-order valence-corrected chi connectivity index (χ1v) is 2.97. The molecule has 0 aliphatic heterocycles. The molecule has 0 amide bonds. The third-order valence-electron chi connectivity index (χ3n) is 0.763. The molecule has 0 unspecified atom stereocenters. The maximum absolute atomic E-state index is 9.50. The molecule has 72 valence electrons. The van der Waals surface area contributed by atoms with Crippen molar-refractivity contribution < 1.29 is 39.3 Å². The molecule has 0 bridgehead atoms. The van der Waals surface area contributed by atoms with Crippen LogP contribution in [0.2, 0.25) is 0 Å². The molecule has 7 heteroatoms. The zero-order valence-corrected chi connectivity index (χ0v) is 10.6. The van der Waals surface area contributed by atoms with Gasteiger partial charge in [0.25, 0.3) is 0 Å². The van der Waals surface area contributed by atoms with Crippen LogP contribution in [0, 0.1) is 22.7 Å². The maximum atomic E-state index is 9.50. The van der Waals surface area contributed by atoms with Crippen molar-refractivity contribution in [1.29, 1.82) is 10.5 Å². The Kier molecular flexibility index (Phi) is 12.6. The molecule has 0 saturated heterocycles. The molecule has 0 heterocycles. The normalized spacial score (nSPS) is 6.27. The molecule has 0 rings (SSSR count). The number of nitrogens with zero attached hydrogens (tertiary/aromatic N) is 2. The zero-order chi connectivity index (χ0) is 11.7. The summed E-state index contributed by atoms with van der Waals surface area (Å²) in [6.07, 6.45) is 0. The molecule has 0 fully saturated rings. The largest absolute Gasteiger partial charge is 2.00 e. The van der Waals surface area contributed by atoms with Crippen molar-refractivity contribution in [2.75, 3.05) is 0 Å². The fourth-order valence-corrected chi connectivity index (χ4v) is 0.0913. The van der Waals surface area contributed by atoms with Crippen molar-refractivity contribution in [2.24, 2.45) is 0 Å². The third kappa shape index (κ3) is 12.0. The van der Waals surface area contributed by atoms with Gasteiger partial charge in [-0.25, -0.2) is 0 Å². The molecule has 0 atom stereocenters. The Hall–Kier alpha value is -1.98. The molecule has 0 aromatic rings. The summed E-state index contributed by atoms with van der Waals surface area (Å²) in [7, 11) is 0. The van der Waals surface area contributed by atoms with E-state index >= 15 is 0 Å². The minimum atomic E-state index is -1.51. The van der Waals surface area contributed by atoms with E-state index in [2.05, 4.69) is 13.2 Å². The molecule has 0 aromatic heterocycles. The number of carbonyl (C=O) groups excluding carboxylic acids is 2. The van der Waals surface area contributed by atoms with Crippen molar-refractivity contribution in [3.8, 4) is 12.1 Å². The Morgan fingerprint density at radius 2 is 1.13 bits per heavy atom. The molecule has 0 saturated carbocycles. The second-order valence-electron chi connectivity index (χ2n) is 1.76. The average Bonchev–Trinajstić information content (AvgIpc) is 2.15. The molecule has 0 aliphatic carbocycles. The van der Waals surface area contributed by atoms with Crippen molar-refractivity contribution >= 4 is 11.9 Å². The van der Waals surface area contributed by atoms with Crippen molar-refractivity contribution in [1.82, 2.24) is 0 Å². The molecule has 6 nitrogen and oxygen atoms in total. The summed E-state index contributed by atoms with van der Waals surface area (Å²) in [6, 6.07) is 2.62. The molecule has 0 aliphatic rings. The summed E-state index contributed by atoms with van der Waals surface area (Å²) >= 11 is 0. The van der Waals surface area contributed by atoms with Gasteiger partial charge in [-0.1, -0.05) is 13.2 Å². The Bertz CT molecular complexity index is 326. The van der Waals surface area contributed by atoms with Crippen LogP contribution in [0.15, 0.2) is 24.3 Å². The van der Waals surface area contributed by atoms with Gasteiger partial charge in [0.1, 0.15) is 12.1 Å². The Labute approximate surface area is 98.5 Å². The van der Waals surface area contributed by atoms with Gasteiger partial charge in [0.05, 0.1) is 23.1 Å². The number of nitriles is 2. The molecule has 0 aromatic carbocycles. The summed E-state index contributed by atoms with van der Waals surface area (Å²) in [5.74, 6) is -3.02. The van der Waals surface area contributed by atoms with Crippen LogP contribution in [-0.2, 0) is 29.1 Å². The quantitative estimate of drug-likeness (QED) is 0.309. The summed E-state index contributed by atoms with van der Waals surface area (Å²) in [5, 5.41) is 34.5. The molecule has 15 heavy (non-hydrogen) atoms. The van der Waals surface area contributed by atoms with E-state index < -0.39 is 23.1 Å². The minimum Gasteiger partial charge on any atom is -0.544 e. The van der Waals surface area contributed by atoms with Gasteiger partial charge in [-0.15, -0.1) is 0 Å². The summed E-state index contributed by atoms with van der Waals surface area (Å²) in [5.41, 5.74) is -1.08. The second-order valence-corrected chi connectivity index (χ2v) is 1.76. The first-order chi connectivity index (χ1) is 6.36. The predicted molar refractivity (Wildman–Crippen MR) is 39.5 cm³/mol. The molecule has 0 N–H and O–H groups in total. The molecular formula is C8H4N2O4Zn. The monoisotopic (exact) mass is 256 g/mol. The molecule has 0 spiro atoms. The topological polar surface area (TPSA) is 128 Å². The fraction of sp³-hybridized carbons (Fsp3) is 0. The SMILES string of the molecule is C=C(C#N)C(=O)[O-].C=C(C#N)C(=O)[O-].[Zn+2]. The molecular weight excluding hydrogens is 253 g/mol. The van der Waals surface area contributed by atoms with Crippen LogP contribution < -0.4 is 10.2 Å². The van der Waals surface area contributed by atoms with Gasteiger partial charge >= 0.3 is 19.5 Å². The van der Waals surface area contributed by atoms with Gasteiger partial charge in [-0.2, -0.15) is 10.5 Å². The number of carboxylic acid groups (broad SMARTS) is 2. The van der Waals surface area contributed by atoms with E-state index in [1.165, 1.54) is 12.1 Å². The van der Waals surface area contributed by atoms with Gasteiger partial charge < -0.3 is 19.8 Å². The van der Waals surface area contributed by atoms with Crippen LogP contribution in [-0.4, -0.2) is 11.9 Å². The smallest absolute Gasteiger partial charge is 0.544 e. The van der Waals surface area contributed by atoms with E-state index in [-0.39, 0.29) is 19.5 Å². The number of carbonyl (C=O) groups is 2. The van der Waals surface area contributed by atoms with Gasteiger partial charge in [-0.3, -0.25) is 0 Å². The van der Waals surface area contributed by atoms with Gasteiger partial charge in [-0.05, 0) is 0 Å². The number of hydrogen-bond acceptors (Lipinski definition) is 6. The summed E-state index contributed by atoms with van der Waals surface area (Å²) in [4.78, 5) is 19.0. The van der Waals surface area contributed by atoms with Crippen LogP contribution in [0.5, 0.6) is 0 Å². The van der Waals surface area contributed by atoms with Gasteiger partial charge in [0, 0.05) is 0 Å². The van der Waals surface area contributed by atoms with E-state index in [9.17, 15) is 19.8 Å². The van der Waals surface area contributed by atoms with Gasteiger partial charge in [0.2, 0.25) is 0 Å². The van der Waals surface area contributed by atoms with E-state index in [1.54, 1.807) is 0 Å². The van der Waals surface area contributed by atoms with Crippen LogP contribution in [0.4, 0.5) is 0 Å². The van der Waals surface area contributed by atoms with E-state index in [0.717, 1.165) is 0 Å². The molecule has 0 radical (unpaired) electrons. The van der Waals surface area contributed by atoms with Gasteiger partial charge in [0.15, 0.2) is 0 Å². The fourth-order valence-electron chi connectivity index (χ4n) is 0.0913. The standard InChI is InChI=1S/2C4H3NO2.Zn/c2*1-3(2-5)4(6)7;/h2*1H2,(H,6,7);/q;;+2/p-2. The third-order valence-corrected chi connectivity index (χ3v) is 0.763. The summed E-state index contributed by atoms with van der Waals surface area (Å²) in [6.45, 7) is 5.70. The number of carboxylic acids is 2. The maximum Gasteiger partial charge on any atom is 2.00 e. The number of aliphatic carboxylic acids is 2. The Morgan fingerprint density at radius 3 is 1.13 bits per heavy atom. The van der Waals surface area contributed by atoms with E-state index in [0.29, 0.717) is 0 Å². The van der Waals surface area contributed by atoms with Crippen molar-refractivity contribution in [2.45, 2.75) is 0 Å². The Morgan fingerprint density at radius 1 is 0.933 bits per heavy atom. The summed E-state index contributed by atoms with van der Waals surface area (Å²) < 4.78 is 0. The van der Waals surface area contributed by atoms with E-state index in [4.69, 9.17) is 10.5 Å². The number of rotatable bonds is 2. The average molecular weight is 258 g/mol. The van der Waals surface area contributed by atoms with Crippen LogP contribution in [0.1, 0.15) is 0 Å². The number of hydrogen-bond donors (Lipinski definition) is 0. The first kappa shape index (κ1) is 18.7. The first-order valence-electron chi connectivity index (χ1n) is 2.97. The van der Waals surface area contributed by atoms with Crippen LogP contribution >= 0.6 is 0 Å². The Balaban J connectivity index is -0.000000180.